The number of aryl methyl sites for hydroxylation is 2. The fourth-order valence-corrected chi connectivity index (χ4v) is 4.93. The first-order valence-electron chi connectivity index (χ1n) is 13.6. The quantitative estimate of drug-likeness (QED) is 0.282. The molecule has 1 aliphatic rings. The molecule has 1 fully saturated rings. The number of nitrogens with one attached hydrogen (secondary N) is 1. The van der Waals surface area contributed by atoms with Crippen LogP contribution < -0.4 is 15.6 Å². The molecule has 0 bridgehead atoms. The third-order valence-electron chi connectivity index (χ3n) is 6.95. The smallest absolute Gasteiger partial charge is 0.326 e. The van der Waals surface area contributed by atoms with Gasteiger partial charge in [-0.05, 0) is 64.7 Å². The van der Waals surface area contributed by atoms with Gasteiger partial charge in [-0.25, -0.2) is 4.98 Å². The summed E-state index contributed by atoms with van der Waals surface area (Å²) in [4.78, 5) is 29.5. The van der Waals surface area contributed by atoms with Gasteiger partial charge in [0, 0.05) is 56.7 Å². The number of aliphatic hydroxyl groups excluding tert-OH is 1. The summed E-state index contributed by atoms with van der Waals surface area (Å²) >= 11 is 0. The minimum atomic E-state index is -0.896. The Kier molecular flexibility index (Phi) is 9.42. The largest absolute Gasteiger partial charge is 0.492 e. The van der Waals surface area contributed by atoms with Gasteiger partial charge < -0.3 is 28.5 Å². The molecule has 1 saturated heterocycles. The summed E-state index contributed by atoms with van der Waals surface area (Å²) in [5.41, 5.74) is 3.34. The zero-order chi connectivity index (χ0) is 28.1. The molecule has 212 valence electrons. The summed E-state index contributed by atoms with van der Waals surface area (Å²) in [7, 11) is 1.76. The first-order chi connectivity index (χ1) is 18.6. The number of pyridine rings is 1. The normalized spacial score (nSPS) is 16.0. The second kappa shape index (κ2) is 12.8. The molecule has 0 aliphatic carbocycles. The van der Waals surface area contributed by atoms with Gasteiger partial charge >= 0.3 is 5.97 Å². The fraction of sp³-hybridized carbons (Fsp3) is 0.552. The molecule has 0 unspecified atom stereocenters. The van der Waals surface area contributed by atoms with Crippen LogP contribution in [0.15, 0.2) is 35.3 Å². The van der Waals surface area contributed by atoms with Crippen molar-refractivity contribution in [1.29, 1.82) is 0 Å². The van der Waals surface area contributed by atoms with Gasteiger partial charge in [0.1, 0.15) is 24.2 Å². The highest BCUT2D eigenvalue weighted by Crippen LogP contribution is 2.30. The van der Waals surface area contributed by atoms with E-state index in [-0.39, 0.29) is 11.7 Å². The molecule has 10 heteroatoms. The van der Waals surface area contributed by atoms with E-state index < -0.39 is 18.1 Å². The van der Waals surface area contributed by atoms with Crippen LogP contribution in [0.5, 0.6) is 5.75 Å². The molecule has 3 heterocycles. The fourth-order valence-electron chi connectivity index (χ4n) is 4.93. The molecule has 10 nitrogen and oxygen atoms in total. The topological polar surface area (TPSA) is 117 Å². The van der Waals surface area contributed by atoms with E-state index in [4.69, 9.17) is 19.2 Å². The number of fused-ring (bicyclic) bond motifs is 1. The standard InChI is InChI=1S/C29H40N4O6/c1-18(2)39-29(36)26(20(4)34)30-10-13-38-23-6-7-25-24(15-23)31-27(22-14-19(3)28(35)32(5)17-22)33(25)16-21-8-11-37-12-9-21/h6-7,14-15,17-18,20-21,26,30,34H,8-13,16H2,1-5H3/t20-,26+/m1/s1. The SMILES string of the molecule is Cc1cc(-c2nc3cc(OCCN[C@H](C(=O)OC(C)C)[C@@H](C)O)ccc3n2CC2CCOCC2)cn(C)c1=O. The lowest BCUT2D eigenvalue weighted by Crippen LogP contribution is -2.47. The summed E-state index contributed by atoms with van der Waals surface area (Å²) in [6.45, 7) is 9.90. The van der Waals surface area contributed by atoms with Crippen molar-refractivity contribution in [1.82, 2.24) is 19.4 Å². The Labute approximate surface area is 228 Å². The van der Waals surface area contributed by atoms with Crippen molar-refractivity contribution in [2.75, 3.05) is 26.4 Å². The van der Waals surface area contributed by atoms with Gasteiger partial charge in [0.05, 0.1) is 23.2 Å². The Morgan fingerprint density at radius 3 is 2.64 bits per heavy atom. The molecule has 1 aromatic carbocycles. The molecule has 0 amide bonds. The second-order valence-electron chi connectivity index (χ2n) is 10.6. The van der Waals surface area contributed by atoms with Crippen molar-refractivity contribution < 1.29 is 24.1 Å². The van der Waals surface area contributed by atoms with Gasteiger partial charge in [-0.2, -0.15) is 0 Å². The molecule has 2 N–H and O–H groups in total. The highest BCUT2D eigenvalue weighted by Gasteiger charge is 2.25. The predicted octanol–water partition coefficient (Wildman–Crippen LogP) is 2.81. The lowest BCUT2D eigenvalue weighted by atomic mass is 10.00. The number of hydrogen-bond acceptors (Lipinski definition) is 8. The van der Waals surface area contributed by atoms with Crippen LogP contribution in [-0.4, -0.2) is 69.8 Å². The van der Waals surface area contributed by atoms with Gasteiger partial charge in [-0.1, -0.05) is 0 Å². The van der Waals surface area contributed by atoms with Crippen molar-refractivity contribution in [3.63, 3.8) is 0 Å². The highest BCUT2D eigenvalue weighted by atomic mass is 16.5. The van der Waals surface area contributed by atoms with E-state index in [0.717, 1.165) is 55.0 Å². The van der Waals surface area contributed by atoms with E-state index >= 15 is 0 Å². The van der Waals surface area contributed by atoms with Crippen molar-refractivity contribution in [2.45, 2.75) is 65.3 Å². The number of nitrogens with zero attached hydrogens (tertiary/aromatic N) is 3. The third kappa shape index (κ3) is 7.06. The molecular formula is C29H40N4O6. The molecule has 0 saturated carbocycles. The summed E-state index contributed by atoms with van der Waals surface area (Å²) < 4.78 is 20.6. The number of ether oxygens (including phenoxy) is 3. The first kappa shape index (κ1) is 28.8. The molecule has 0 spiro atoms. The lowest BCUT2D eigenvalue weighted by molar-refractivity contribution is -0.152. The Morgan fingerprint density at radius 1 is 1.23 bits per heavy atom. The van der Waals surface area contributed by atoms with E-state index in [9.17, 15) is 14.7 Å². The van der Waals surface area contributed by atoms with Crippen LogP contribution in [0.2, 0.25) is 0 Å². The highest BCUT2D eigenvalue weighted by molar-refractivity contribution is 5.82. The van der Waals surface area contributed by atoms with Crippen LogP contribution in [0, 0.1) is 12.8 Å². The second-order valence-corrected chi connectivity index (χ2v) is 10.6. The number of aliphatic hydroxyl groups is 1. The summed E-state index contributed by atoms with van der Waals surface area (Å²) in [5, 5.41) is 13.0. The lowest BCUT2D eigenvalue weighted by Gasteiger charge is -2.23. The Bertz CT molecular complexity index is 1310. The maximum absolute atomic E-state index is 12.3. The van der Waals surface area contributed by atoms with Gasteiger partial charge in [0.2, 0.25) is 0 Å². The number of benzene rings is 1. The van der Waals surface area contributed by atoms with Crippen LogP contribution in [0.25, 0.3) is 22.4 Å². The number of aromatic nitrogens is 3. The number of esters is 1. The number of imidazole rings is 1. The van der Waals surface area contributed by atoms with Gasteiger partial charge in [-0.15, -0.1) is 0 Å². The van der Waals surface area contributed by atoms with Crippen molar-refractivity contribution in [2.24, 2.45) is 13.0 Å². The van der Waals surface area contributed by atoms with E-state index in [0.29, 0.717) is 30.4 Å². The predicted molar refractivity (Wildman–Crippen MR) is 149 cm³/mol. The van der Waals surface area contributed by atoms with Crippen LogP contribution in [0.1, 0.15) is 39.2 Å². The minimum Gasteiger partial charge on any atom is -0.492 e. The van der Waals surface area contributed by atoms with Gasteiger partial charge in [-0.3, -0.25) is 14.9 Å². The van der Waals surface area contributed by atoms with Crippen molar-refractivity contribution in [3.8, 4) is 17.1 Å². The van der Waals surface area contributed by atoms with E-state index in [1.807, 2.05) is 37.4 Å². The zero-order valence-corrected chi connectivity index (χ0v) is 23.5. The molecule has 3 aromatic rings. The van der Waals surface area contributed by atoms with E-state index in [1.54, 1.807) is 32.4 Å². The maximum atomic E-state index is 12.3. The Morgan fingerprint density at radius 2 is 1.97 bits per heavy atom. The van der Waals surface area contributed by atoms with Crippen LogP contribution in [0.4, 0.5) is 0 Å². The molecule has 1 aliphatic heterocycles. The first-order valence-corrected chi connectivity index (χ1v) is 13.6. The van der Waals surface area contributed by atoms with Crippen molar-refractivity contribution >= 4 is 17.0 Å². The monoisotopic (exact) mass is 540 g/mol. The zero-order valence-electron chi connectivity index (χ0n) is 23.5. The van der Waals surface area contributed by atoms with Crippen LogP contribution >= 0.6 is 0 Å². The van der Waals surface area contributed by atoms with Crippen LogP contribution in [-0.2, 0) is 27.9 Å². The van der Waals surface area contributed by atoms with E-state index in [1.165, 1.54) is 0 Å². The number of rotatable bonds is 11. The summed E-state index contributed by atoms with van der Waals surface area (Å²) in [5.74, 6) is 1.46. The molecule has 2 aromatic heterocycles. The molecule has 39 heavy (non-hydrogen) atoms. The Hall–Kier alpha value is -3.21. The molecule has 0 radical (unpaired) electrons. The minimum absolute atomic E-state index is 0.0227. The summed E-state index contributed by atoms with van der Waals surface area (Å²) in [6.07, 6.45) is 2.68. The Balaban J connectivity index is 1.54. The average Bonchev–Trinajstić information content (AvgIpc) is 3.24. The van der Waals surface area contributed by atoms with Crippen molar-refractivity contribution in [3.05, 3.63) is 46.4 Å². The summed E-state index contributed by atoms with van der Waals surface area (Å²) in [6, 6.07) is 6.91. The molecule has 2 atom stereocenters. The van der Waals surface area contributed by atoms with Gasteiger partial charge in [0.15, 0.2) is 0 Å². The van der Waals surface area contributed by atoms with E-state index in [2.05, 4.69) is 9.88 Å². The molecule has 4 rings (SSSR count). The molecular weight excluding hydrogens is 500 g/mol. The van der Waals surface area contributed by atoms with Crippen LogP contribution in [0.3, 0.4) is 0 Å². The van der Waals surface area contributed by atoms with Gasteiger partial charge in [0.25, 0.3) is 5.56 Å². The average molecular weight is 541 g/mol. The number of carbonyl (C=O) groups is 1. The number of hydrogen-bond donors (Lipinski definition) is 2. The number of carbonyl (C=O) groups excluding carboxylic acids is 1. The maximum Gasteiger partial charge on any atom is 0.326 e. The third-order valence-corrected chi connectivity index (χ3v) is 6.95.